The van der Waals surface area contributed by atoms with Crippen LogP contribution in [0.15, 0.2) is 54.9 Å². The molecule has 1 saturated heterocycles. The topological polar surface area (TPSA) is 63.5 Å². The van der Waals surface area contributed by atoms with Crippen molar-refractivity contribution in [3.05, 3.63) is 83.1 Å². The van der Waals surface area contributed by atoms with Crippen molar-refractivity contribution < 1.29 is 9.53 Å². The highest BCUT2D eigenvalue weighted by Gasteiger charge is 2.26. The molecule has 0 spiro atoms. The summed E-state index contributed by atoms with van der Waals surface area (Å²) in [7, 11) is 0. The zero-order valence-corrected chi connectivity index (χ0v) is 24.1. The summed E-state index contributed by atoms with van der Waals surface area (Å²) < 4.78 is 7.28. The van der Waals surface area contributed by atoms with Gasteiger partial charge in [0.25, 0.3) is 0 Å². The Balaban J connectivity index is 0.00000176. The number of carbonyl (C=O) groups is 1. The third kappa shape index (κ3) is 5.62. The van der Waals surface area contributed by atoms with Gasteiger partial charge in [0.2, 0.25) is 0 Å². The van der Waals surface area contributed by atoms with Gasteiger partial charge in [-0.15, -0.1) is 24.8 Å². The van der Waals surface area contributed by atoms with E-state index >= 15 is 0 Å². The fourth-order valence-electron chi connectivity index (χ4n) is 5.81. The summed E-state index contributed by atoms with van der Waals surface area (Å²) in [5.74, 6) is -0.329. The molecule has 2 aromatic carbocycles. The average Bonchev–Trinajstić information content (AvgIpc) is 3.37. The number of carbonyl (C=O) groups excluding carboxylic acids is 1. The average molecular weight is 569 g/mol. The van der Waals surface area contributed by atoms with Gasteiger partial charge in [-0.1, -0.05) is 18.2 Å². The Hall–Kier alpha value is -3.13. The maximum absolute atomic E-state index is 12.3. The smallest absolute Gasteiger partial charge is 0.358 e. The largest absolute Gasteiger partial charge is 0.461 e. The number of hydrogen-bond acceptors (Lipinski definition) is 6. The van der Waals surface area contributed by atoms with Crippen LogP contribution in [0.5, 0.6) is 0 Å². The van der Waals surface area contributed by atoms with Crippen molar-refractivity contribution in [2.75, 3.05) is 44.2 Å². The first-order valence-corrected chi connectivity index (χ1v) is 13.3. The second kappa shape index (κ2) is 12.4. The molecule has 0 radical (unpaired) electrons. The second-order valence-electron chi connectivity index (χ2n) is 9.92. The molecule has 9 heteroatoms. The summed E-state index contributed by atoms with van der Waals surface area (Å²) in [5.41, 5.74) is 8.75. The molecule has 0 amide bonds. The van der Waals surface area contributed by atoms with E-state index in [1.54, 1.807) is 6.33 Å². The Kier molecular flexibility index (Phi) is 9.15. The molecule has 2 aromatic heterocycles. The van der Waals surface area contributed by atoms with Crippen LogP contribution < -0.4 is 4.90 Å². The number of ether oxygens (including phenoxy) is 1. The Labute approximate surface area is 242 Å². The van der Waals surface area contributed by atoms with E-state index in [2.05, 4.69) is 67.9 Å². The van der Waals surface area contributed by atoms with E-state index in [1.165, 1.54) is 22.2 Å². The molecule has 39 heavy (non-hydrogen) atoms. The van der Waals surface area contributed by atoms with Gasteiger partial charge in [-0.05, 0) is 74.6 Å². The lowest BCUT2D eigenvalue weighted by Gasteiger charge is -2.36. The maximum atomic E-state index is 12.3. The lowest BCUT2D eigenvalue weighted by Crippen LogP contribution is -2.47. The summed E-state index contributed by atoms with van der Waals surface area (Å²) in [6, 6.07) is 17.3. The second-order valence-corrected chi connectivity index (χ2v) is 9.92. The molecule has 4 heterocycles. The minimum atomic E-state index is -0.329. The molecular weight excluding hydrogens is 533 g/mol. The minimum absolute atomic E-state index is 0. The predicted octanol–water partition coefficient (Wildman–Crippen LogP) is 5.21. The number of imidazole rings is 1. The normalized spacial score (nSPS) is 14.7. The highest BCUT2D eigenvalue weighted by Crippen LogP contribution is 2.30. The molecule has 4 aromatic rings. The van der Waals surface area contributed by atoms with Crippen molar-refractivity contribution in [2.24, 2.45) is 0 Å². The number of piperazine rings is 1. The summed E-state index contributed by atoms with van der Waals surface area (Å²) in [6.45, 7) is 9.43. The van der Waals surface area contributed by atoms with Crippen LogP contribution in [0.1, 0.15) is 39.9 Å². The molecule has 2 aliphatic rings. The summed E-state index contributed by atoms with van der Waals surface area (Å²) in [6.07, 6.45) is 4.52. The number of nitrogens with zero attached hydrogens (tertiary/aromatic N) is 5. The van der Waals surface area contributed by atoms with Gasteiger partial charge in [-0.2, -0.15) is 0 Å². The molecule has 6 rings (SSSR count). The van der Waals surface area contributed by atoms with Crippen LogP contribution in [-0.4, -0.2) is 64.7 Å². The van der Waals surface area contributed by atoms with Gasteiger partial charge in [0.15, 0.2) is 5.69 Å². The standard InChI is InChI=1S/C30H33N5O2.2ClH/c1-3-37-30(36)29-28-13-12-23-22(6-4-9-27(23)35(28)20-31-29)14-15-33-16-18-34(19-17-33)26-8-5-7-25-24(26)11-10-21(2)32-25;;/h4-11,20H,3,12-19H2,1-2H3;2*1H. The summed E-state index contributed by atoms with van der Waals surface area (Å²) in [4.78, 5) is 26.5. The van der Waals surface area contributed by atoms with Crippen LogP contribution in [0, 0.1) is 6.92 Å². The van der Waals surface area contributed by atoms with E-state index in [0.717, 1.165) is 74.6 Å². The van der Waals surface area contributed by atoms with Crippen molar-refractivity contribution in [3.8, 4) is 5.69 Å². The third-order valence-electron chi connectivity index (χ3n) is 7.71. The third-order valence-corrected chi connectivity index (χ3v) is 7.71. The molecule has 0 atom stereocenters. The molecule has 0 unspecified atom stereocenters. The van der Waals surface area contributed by atoms with Crippen LogP contribution in [0.2, 0.25) is 0 Å². The van der Waals surface area contributed by atoms with Gasteiger partial charge in [0, 0.05) is 49.5 Å². The molecule has 7 nitrogen and oxygen atoms in total. The molecule has 0 bridgehead atoms. The molecule has 1 fully saturated rings. The van der Waals surface area contributed by atoms with Crippen LogP contribution in [0.25, 0.3) is 16.6 Å². The van der Waals surface area contributed by atoms with Crippen molar-refractivity contribution in [2.45, 2.75) is 33.1 Å². The Morgan fingerprint density at radius 1 is 0.949 bits per heavy atom. The SMILES string of the molecule is CCOC(=O)c1ncn2c1CCc1c(CCN3CCN(c4cccc5nc(C)ccc45)CC3)cccc1-2.Cl.Cl. The van der Waals surface area contributed by atoms with Crippen LogP contribution >= 0.6 is 24.8 Å². The molecular formula is C30H35Cl2N5O2. The van der Waals surface area contributed by atoms with Crippen molar-refractivity contribution in [1.82, 2.24) is 19.4 Å². The van der Waals surface area contributed by atoms with Crippen molar-refractivity contribution in [3.63, 3.8) is 0 Å². The van der Waals surface area contributed by atoms with E-state index in [0.29, 0.717) is 12.3 Å². The molecule has 0 aliphatic carbocycles. The van der Waals surface area contributed by atoms with E-state index < -0.39 is 0 Å². The lowest BCUT2D eigenvalue weighted by molar-refractivity contribution is 0.0518. The number of hydrogen-bond donors (Lipinski definition) is 0. The molecule has 0 saturated carbocycles. The molecule has 2 aliphatic heterocycles. The first-order valence-electron chi connectivity index (χ1n) is 13.3. The number of anilines is 1. The first kappa shape index (κ1) is 28.9. The van der Waals surface area contributed by atoms with E-state index in [9.17, 15) is 4.79 Å². The number of esters is 1. The van der Waals surface area contributed by atoms with Gasteiger partial charge >= 0.3 is 5.97 Å². The fraction of sp³-hybridized carbons (Fsp3) is 0.367. The summed E-state index contributed by atoms with van der Waals surface area (Å²) in [5, 5.41) is 1.24. The Morgan fingerprint density at radius 3 is 2.51 bits per heavy atom. The van der Waals surface area contributed by atoms with Gasteiger partial charge in [0.05, 0.1) is 23.5 Å². The lowest BCUT2D eigenvalue weighted by atomic mass is 9.94. The summed E-state index contributed by atoms with van der Waals surface area (Å²) >= 11 is 0. The highest BCUT2D eigenvalue weighted by atomic mass is 35.5. The van der Waals surface area contributed by atoms with Crippen LogP contribution in [0.3, 0.4) is 0 Å². The number of rotatable bonds is 6. The molecule has 0 N–H and O–H groups in total. The first-order chi connectivity index (χ1) is 18.1. The van der Waals surface area contributed by atoms with Gasteiger partial charge < -0.3 is 14.2 Å². The fourth-order valence-corrected chi connectivity index (χ4v) is 5.81. The molecule has 206 valence electrons. The number of aromatic nitrogens is 3. The number of pyridine rings is 1. The quantitative estimate of drug-likeness (QED) is 0.298. The van der Waals surface area contributed by atoms with Crippen molar-refractivity contribution in [1.29, 1.82) is 0 Å². The number of halogens is 2. The van der Waals surface area contributed by atoms with E-state index in [1.807, 2.05) is 13.8 Å². The van der Waals surface area contributed by atoms with E-state index in [4.69, 9.17) is 9.72 Å². The maximum Gasteiger partial charge on any atom is 0.358 e. The van der Waals surface area contributed by atoms with Crippen LogP contribution in [0.4, 0.5) is 5.69 Å². The Bertz CT molecular complexity index is 1460. The van der Waals surface area contributed by atoms with Gasteiger partial charge in [-0.3, -0.25) is 9.88 Å². The van der Waals surface area contributed by atoms with Gasteiger partial charge in [-0.25, -0.2) is 9.78 Å². The van der Waals surface area contributed by atoms with Crippen LogP contribution in [-0.2, 0) is 24.0 Å². The van der Waals surface area contributed by atoms with Gasteiger partial charge in [0.1, 0.15) is 6.33 Å². The Morgan fingerprint density at radius 2 is 1.72 bits per heavy atom. The minimum Gasteiger partial charge on any atom is -0.461 e. The number of fused-ring (bicyclic) bond motifs is 4. The monoisotopic (exact) mass is 567 g/mol. The predicted molar refractivity (Wildman–Crippen MR) is 160 cm³/mol. The number of aryl methyl sites for hydroxylation is 1. The van der Waals surface area contributed by atoms with E-state index in [-0.39, 0.29) is 30.8 Å². The highest BCUT2D eigenvalue weighted by molar-refractivity contribution is 5.92. The van der Waals surface area contributed by atoms with Crippen molar-refractivity contribution >= 4 is 47.4 Å². The number of benzene rings is 2. The zero-order chi connectivity index (χ0) is 25.4. The zero-order valence-electron chi connectivity index (χ0n) is 22.4.